The molecule has 0 spiro atoms. The first-order valence-corrected chi connectivity index (χ1v) is 7.68. The molecule has 0 aliphatic carbocycles. The molecule has 0 amide bonds. The molecule has 21 heavy (non-hydrogen) atoms. The second-order valence-corrected chi connectivity index (χ2v) is 6.36. The van der Waals surface area contributed by atoms with Crippen molar-refractivity contribution in [3.05, 3.63) is 56.3 Å². The lowest BCUT2D eigenvalue weighted by atomic mass is 10.1. The van der Waals surface area contributed by atoms with E-state index in [0.29, 0.717) is 5.76 Å². The van der Waals surface area contributed by atoms with Gasteiger partial charge in [0.05, 0.1) is 11.0 Å². The number of furan rings is 1. The number of imidazole rings is 1. The molecule has 0 radical (unpaired) electrons. The summed E-state index contributed by atoms with van der Waals surface area (Å²) in [6, 6.07) is 7.59. The normalized spacial score (nSPS) is 13.0. The fourth-order valence-corrected chi connectivity index (χ4v) is 3.46. The van der Waals surface area contributed by atoms with Crippen molar-refractivity contribution in [2.45, 2.75) is 12.3 Å². The van der Waals surface area contributed by atoms with Crippen LogP contribution in [0.15, 0.2) is 37.9 Å². The predicted octanol–water partition coefficient (Wildman–Crippen LogP) is 3.87. The standard InChI is InChI=1S/C15H14BrClN2O2/c1-8-4-5-13(21-8)14(17)9-6-11-12(7-10(9)16)19(3)15(20)18(11)2/h4-7,14H,1-3H3. The van der Waals surface area contributed by atoms with E-state index in [1.807, 2.05) is 31.2 Å². The zero-order chi connectivity index (χ0) is 15.3. The molecular weight excluding hydrogens is 356 g/mol. The molecule has 2 heterocycles. The first-order chi connectivity index (χ1) is 9.90. The minimum Gasteiger partial charge on any atom is -0.464 e. The number of alkyl halides is 1. The van der Waals surface area contributed by atoms with E-state index in [2.05, 4.69) is 15.9 Å². The first kappa shape index (κ1) is 14.5. The van der Waals surface area contributed by atoms with Gasteiger partial charge >= 0.3 is 5.69 Å². The third kappa shape index (κ3) is 2.24. The van der Waals surface area contributed by atoms with Gasteiger partial charge in [0.2, 0.25) is 0 Å². The van der Waals surface area contributed by atoms with Crippen LogP contribution in [0.1, 0.15) is 22.5 Å². The molecular formula is C15H14BrClN2O2. The number of hydrogen-bond acceptors (Lipinski definition) is 2. The van der Waals surface area contributed by atoms with Gasteiger partial charge < -0.3 is 4.42 Å². The monoisotopic (exact) mass is 368 g/mol. The predicted molar refractivity (Wildman–Crippen MR) is 87.0 cm³/mol. The van der Waals surface area contributed by atoms with E-state index in [9.17, 15) is 4.79 Å². The molecule has 110 valence electrons. The zero-order valence-corrected chi connectivity index (χ0v) is 14.2. The van der Waals surface area contributed by atoms with Crippen LogP contribution in [0.3, 0.4) is 0 Å². The highest BCUT2D eigenvalue weighted by molar-refractivity contribution is 9.10. The molecule has 4 nitrogen and oxygen atoms in total. The van der Waals surface area contributed by atoms with Crippen LogP contribution in [0.5, 0.6) is 0 Å². The summed E-state index contributed by atoms with van der Waals surface area (Å²) >= 11 is 10.1. The second-order valence-electron chi connectivity index (χ2n) is 5.07. The van der Waals surface area contributed by atoms with Gasteiger partial charge in [0.1, 0.15) is 16.9 Å². The lowest BCUT2D eigenvalue weighted by Gasteiger charge is -2.10. The van der Waals surface area contributed by atoms with Gasteiger partial charge in [-0.1, -0.05) is 15.9 Å². The maximum absolute atomic E-state index is 12.0. The summed E-state index contributed by atoms with van der Waals surface area (Å²) in [6.45, 7) is 1.88. The summed E-state index contributed by atoms with van der Waals surface area (Å²) in [7, 11) is 3.51. The Hall–Kier alpha value is -1.46. The van der Waals surface area contributed by atoms with Gasteiger partial charge in [-0.05, 0) is 36.8 Å². The molecule has 1 aromatic carbocycles. The topological polar surface area (TPSA) is 40.1 Å². The summed E-state index contributed by atoms with van der Waals surface area (Å²) in [5, 5.41) is -0.409. The van der Waals surface area contributed by atoms with Crippen molar-refractivity contribution in [2.24, 2.45) is 14.1 Å². The smallest absolute Gasteiger partial charge is 0.328 e. The summed E-state index contributed by atoms with van der Waals surface area (Å²) in [5.41, 5.74) is 2.51. The average molecular weight is 370 g/mol. The van der Waals surface area contributed by atoms with E-state index >= 15 is 0 Å². The van der Waals surface area contributed by atoms with Crippen molar-refractivity contribution < 1.29 is 4.42 Å². The van der Waals surface area contributed by atoms with Crippen molar-refractivity contribution in [1.82, 2.24) is 9.13 Å². The molecule has 0 saturated heterocycles. The Morgan fingerprint density at radius 1 is 1.19 bits per heavy atom. The summed E-state index contributed by atoms with van der Waals surface area (Å²) in [6.07, 6.45) is 0. The Morgan fingerprint density at radius 2 is 1.81 bits per heavy atom. The molecule has 1 atom stereocenters. The van der Waals surface area contributed by atoms with Crippen molar-refractivity contribution in [3.63, 3.8) is 0 Å². The second kappa shape index (κ2) is 5.07. The van der Waals surface area contributed by atoms with Crippen LogP contribution >= 0.6 is 27.5 Å². The highest BCUT2D eigenvalue weighted by Crippen LogP contribution is 2.36. The summed E-state index contributed by atoms with van der Waals surface area (Å²) < 4.78 is 9.68. The van der Waals surface area contributed by atoms with E-state index < -0.39 is 5.38 Å². The fourth-order valence-electron chi connectivity index (χ4n) is 2.47. The van der Waals surface area contributed by atoms with E-state index in [4.69, 9.17) is 16.0 Å². The molecule has 0 saturated carbocycles. The van der Waals surface area contributed by atoms with Gasteiger partial charge in [0.25, 0.3) is 0 Å². The highest BCUT2D eigenvalue weighted by Gasteiger charge is 2.20. The first-order valence-electron chi connectivity index (χ1n) is 6.45. The van der Waals surface area contributed by atoms with Gasteiger partial charge in [0, 0.05) is 18.6 Å². The van der Waals surface area contributed by atoms with Gasteiger partial charge in [0.15, 0.2) is 0 Å². The van der Waals surface area contributed by atoms with Crippen LogP contribution < -0.4 is 5.69 Å². The molecule has 6 heteroatoms. The van der Waals surface area contributed by atoms with E-state index in [1.165, 1.54) is 0 Å². The number of aryl methyl sites for hydroxylation is 3. The Kier molecular flexibility index (Phi) is 3.50. The Bertz CT molecular complexity index is 891. The number of rotatable bonds is 2. The third-order valence-corrected chi connectivity index (χ3v) is 4.81. The van der Waals surface area contributed by atoms with Crippen LogP contribution in [-0.4, -0.2) is 9.13 Å². The number of benzene rings is 1. The number of nitrogens with zero attached hydrogens (tertiary/aromatic N) is 2. The molecule has 3 rings (SSSR count). The van der Waals surface area contributed by atoms with Gasteiger partial charge in [-0.25, -0.2) is 4.79 Å². The van der Waals surface area contributed by atoms with E-state index in [-0.39, 0.29) is 5.69 Å². The fraction of sp³-hybridized carbons (Fsp3) is 0.267. The Morgan fingerprint density at radius 3 is 2.38 bits per heavy atom. The Balaban J connectivity index is 2.21. The number of aromatic nitrogens is 2. The van der Waals surface area contributed by atoms with Gasteiger partial charge in [-0.15, -0.1) is 11.6 Å². The van der Waals surface area contributed by atoms with Crippen molar-refractivity contribution >= 4 is 38.6 Å². The number of halogens is 2. The molecule has 2 aromatic heterocycles. The molecule has 0 bridgehead atoms. The van der Waals surface area contributed by atoms with Gasteiger partial charge in [-0.3, -0.25) is 9.13 Å². The van der Waals surface area contributed by atoms with Crippen molar-refractivity contribution in [1.29, 1.82) is 0 Å². The Labute approximate surface area is 135 Å². The molecule has 0 aliphatic heterocycles. The zero-order valence-electron chi connectivity index (χ0n) is 11.9. The van der Waals surface area contributed by atoms with Gasteiger partial charge in [-0.2, -0.15) is 0 Å². The van der Waals surface area contributed by atoms with E-state index in [1.54, 1.807) is 23.2 Å². The van der Waals surface area contributed by atoms with Crippen LogP contribution in [0.25, 0.3) is 11.0 Å². The quantitative estimate of drug-likeness (QED) is 0.643. The van der Waals surface area contributed by atoms with Crippen molar-refractivity contribution in [3.8, 4) is 0 Å². The molecule has 3 aromatic rings. The largest absolute Gasteiger partial charge is 0.464 e. The van der Waals surface area contributed by atoms with Crippen molar-refractivity contribution in [2.75, 3.05) is 0 Å². The molecule has 0 fully saturated rings. The van der Waals surface area contributed by atoms with E-state index in [0.717, 1.165) is 26.8 Å². The molecule has 0 N–H and O–H groups in total. The maximum atomic E-state index is 12.0. The van der Waals surface area contributed by atoms with Crippen LogP contribution in [0, 0.1) is 6.92 Å². The molecule has 1 unspecified atom stereocenters. The minimum absolute atomic E-state index is 0.0611. The average Bonchev–Trinajstić information content (AvgIpc) is 2.97. The van der Waals surface area contributed by atoms with Crippen LogP contribution in [0.2, 0.25) is 0 Å². The lowest BCUT2D eigenvalue weighted by molar-refractivity contribution is 0.489. The highest BCUT2D eigenvalue weighted by atomic mass is 79.9. The van der Waals surface area contributed by atoms with Crippen LogP contribution in [0.4, 0.5) is 0 Å². The number of hydrogen-bond donors (Lipinski definition) is 0. The lowest BCUT2D eigenvalue weighted by Crippen LogP contribution is -2.19. The number of fused-ring (bicyclic) bond motifs is 1. The third-order valence-electron chi connectivity index (χ3n) is 3.67. The maximum Gasteiger partial charge on any atom is 0.328 e. The summed E-state index contributed by atoms with van der Waals surface area (Å²) in [5.74, 6) is 1.51. The SMILES string of the molecule is Cc1ccc(C(Cl)c2cc3c(cc2Br)n(C)c(=O)n3C)o1. The molecule has 0 aliphatic rings. The van der Waals surface area contributed by atoms with Crippen LogP contribution in [-0.2, 0) is 14.1 Å². The minimum atomic E-state index is -0.409. The summed E-state index contributed by atoms with van der Waals surface area (Å²) in [4.78, 5) is 12.0.